The average molecular weight is 430 g/mol. The molecule has 3 rings (SSSR count). The number of benzene rings is 2. The largest absolute Gasteiger partial charge is 0.379 e. The van der Waals surface area contributed by atoms with Gasteiger partial charge in [-0.15, -0.1) is 0 Å². The van der Waals surface area contributed by atoms with Crippen molar-refractivity contribution in [1.29, 1.82) is 0 Å². The molecule has 0 saturated carbocycles. The Bertz CT molecular complexity index is 987. The number of hydrogen-bond donors (Lipinski definition) is 0. The Kier molecular flexibility index (Phi) is 4.62. The molecule has 0 N–H and O–H groups in total. The maximum Gasteiger partial charge on any atom is 0.340 e. The van der Waals surface area contributed by atoms with E-state index in [0.717, 1.165) is 0 Å². The van der Waals surface area contributed by atoms with Crippen molar-refractivity contribution >= 4 is 37.6 Å². The molecule has 9 heteroatoms. The molecule has 0 unspecified atom stereocenters. The van der Waals surface area contributed by atoms with Crippen LogP contribution in [0.4, 0.5) is 0 Å². The van der Waals surface area contributed by atoms with E-state index in [2.05, 4.69) is 26.1 Å². The molecule has 6 nitrogen and oxygen atoms in total. The summed E-state index contributed by atoms with van der Waals surface area (Å²) in [5.41, 5.74) is 0.679. The zero-order valence-electron chi connectivity index (χ0n) is 12.2. The molecule has 0 bridgehead atoms. The smallest absolute Gasteiger partial charge is 0.340 e. The number of hydrogen-bond acceptors (Lipinski definition) is 6. The van der Waals surface area contributed by atoms with Gasteiger partial charge in [0.2, 0.25) is 11.7 Å². The van der Waals surface area contributed by atoms with Gasteiger partial charge in [-0.2, -0.15) is 13.4 Å². The third kappa shape index (κ3) is 3.61. The molecule has 0 aliphatic rings. The Morgan fingerprint density at radius 3 is 2.46 bits per heavy atom. The summed E-state index contributed by atoms with van der Waals surface area (Å²) in [6, 6.07) is 10.7. The minimum absolute atomic E-state index is 0.0725. The van der Waals surface area contributed by atoms with E-state index in [9.17, 15) is 8.42 Å². The highest BCUT2D eigenvalue weighted by Crippen LogP contribution is 2.28. The van der Waals surface area contributed by atoms with Gasteiger partial charge in [0.15, 0.2) is 0 Å². The van der Waals surface area contributed by atoms with Crippen LogP contribution >= 0.6 is 27.5 Å². The van der Waals surface area contributed by atoms with Crippen LogP contribution in [0.3, 0.4) is 0 Å². The first kappa shape index (κ1) is 16.9. The van der Waals surface area contributed by atoms with Crippen molar-refractivity contribution < 1.29 is 17.1 Å². The van der Waals surface area contributed by atoms with Crippen LogP contribution in [0.15, 0.2) is 56.4 Å². The average Bonchev–Trinajstić information content (AvgIpc) is 2.93. The van der Waals surface area contributed by atoms with Crippen LogP contribution in [-0.2, 0) is 10.1 Å². The predicted octanol–water partition coefficient (Wildman–Crippen LogP) is 4.23. The number of aromatic nitrogens is 2. The van der Waals surface area contributed by atoms with Crippen molar-refractivity contribution in [2.75, 3.05) is 0 Å². The molecule has 1 aromatic heterocycles. The van der Waals surface area contributed by atoms with Crippen molar-refractivity contribution in [3.05, 3.63) is 57.9 Å². The van der Waals surface area contributed by atoms with Crippen LogP contribution in [-0.4, -0.2) is 18.6 Å². The topological polar surface area (TPSA) is 82.3 Å². The van der Waals surface area contributed by atoms with Crippen LogP contribution in [0.5, 0.6) is 5.75 Å². The summed E-state index contributed by atoms with van der Waals surface area (Å²) in [6.45, 7) is 1.68. The number of rotatable bonds is 4. The van der Waals surface area contributed by atoms with Crippen LogP contribution in [0.25, 0.3) is 11.4 Å². The van der Waals surface area contributed by atoms with Crippen LogP contribution in [0.1, 0.15) is 5.89 Å². The van der Waals surface area contributed by atoms with Crippen molar-refractivity contribution in [1.82, 2.24) is 10.1 Å². The van der Waals surface area contributed by atoms with Gasteiger partial charge in [0.1, 0.15) is 10.6 Å². The molecule has 0 atom stereocenters. The predicted molar refractivity (Wildman–Crippen MR) is 91.4 cm³/mol. The van der Waals surface area contributed by atoms with Crippen LogP contribution in [0.2, 0.25) is 5.02 Å². The summed E-state index contributed by atoms with van der Waals surface area (Å²) in [5, 5.41) is 3.86. The fourth-order valence-electron chi connectivity index (χ4n) is 1.93. The molecule has 0 amide bonds. The molecule has 124 valence electrons. The third-order valence-corrected chi connectivity index (χ3v) is 5.23. The van der Waals surface area contributed by atoms with Gasteiger partial charge >= 0.3 is 10.1 Å². The van der Waals surface area contributed by atoms with Gasteiger partial charge in [-0.3, -0.25) is 0 Å². The molecule has 0 radical (unpaired) electrons. The zero-order chi connectivity index (χ0) is 17.3. The van der Waals surface area contributed by atoms with Gasteiger partial charge in [-0.25, -0.2) is 0 Å². The first-order chi connectivity index (χ1) is 11.3. The van der Waals surface area contributed by atoms with E-state index in [1.165, 1.54) is 24.3 Å². The first-order valence-electron chi connectivity index (χ1n) is 6.65. The van der Waals surface area contributed by atoms with E-state index in [-0.39, 0.29) is 15.7 Å². The highest BCUT2D eigenvalue weighted by Gasteiger charge is 2.20. The first-order valence-corrected chi connectivity index (χ1v) is 9.23. The maximum absolute atomic E-state index is 12.3. The summed E-state index contributed by atoms with van der Waals surface area (Å²) in [7, 11) is -4.04. The second-order valence-corrected chi connectivity index (χ2v) is 7.61. The van der Waals surface area contributed by atoms with E-state index < -0.39 is 10.1 Å². The molecule has 1 heterocycles. The summed E-state index contributed by atoms with van der Waals surface area (Å²) in [5.74, 6) is 1.01. The molecule has 0 saturated heterocycles. The van der Waals surface area contributed by atoms with Gasteiger partial charge in [0, 0.05) is 17.0 Å². The number of aryl methyl sites for hydroxylation is 1. The van der Waals surface area contributed by atoms with Gasteiger partial charge in [-0.05, 0) is 42.5 Å². The lowest BCUT2D eigenvalue weighted by Crippen LogP contribution is -2.10. The molecule has 0 fully saturated rings. The summed E-state index contributed by atoms with van der Waals surface area (Å²) in [4.78, 5) is 3.99. The van der Waals surface area contributed by atoms with Crippen molar-refractivity contribution in [2.24, 2.45) is 0 Å². The molecule has 2 aromatic carbocycles. The Labute approximate surface area is 151 Å². The molecule has 0 aliphatic carbocycles. The quantitative estimate of drug-likeness (QED) is 0.577. The van der Waals surface area contributed by atoms with E-state index in [4.69, 9.17) is 20.3 Å². The molecule has 3 aromatic rings. The van der Waals surface area contributed by atoms with Gasteiger partial charge in [0.25, 0.3) is 0 Å². The molecule has 0 aliphatic heterocycles. The van der Waals surface area contributed by atoms with Crippen molar-refractivity contribution in [2.45, 2.75) is 11.8 Å². The lowest BCUT2D eigenvalue weighted by Gasteiger charge is -2.09. The van der Waals surface area contributed by atoms with E-state index in [1.807, 2.05) is 0 Å². The second kappa shape index (κ2) is 6.54. The van der Waals surface area contributed by atoms with Gasteiger partial charge in [0.05, 0.1) is 5.02 Å². The van der Waals surface area contributed by atoms with Crippen molar-refractivity contribution in [3.63, 3.8) is 0 Å². The Morgan fingerprint density at radius 2 is 1.88 bits per heavy atom. The van der Waals surface area contributed by atoms with E-state index >= 15 is 0 Å². The van der Waals surface area contributed by atoms with Crippen LogP contribution in [0, 0.1) is 6.92 Å². The SMILES string of the molecule is Cc1nc(-c2ccc(OS(=O)(=O)c3ccc(Br)cc3Cl)cc2)no1. The summed E-state index contributed by atoms with van der Waals surface area (Å²) in [6.07, 6.45) is 0. The molecule has 24 heavy (non-hydrogen) atoms. The minimum Gasteiger partial charge on any atom is -0.379 e. The highest BCUT2D eigenvalue weighted by molar-refractivity contribution is 9.10. The Morgan fingerprint density at radius 1 is 1.17 bits per heavy atom. The van der Waals surface area contributed by atoms with E-state index in [0.29, 0.717) is 21.8 Å². The second-order valence-electron chi connectivity index (χ2n) is 4.77. The summed E-state index contributed by atoms with van der Waals surface area (Å²) >= 11 is 9.19. The van der Waals surface area contributed by atoms with Gasteiger partial charge in [-0.1, -0.05) is 32.7 Å². The third-order valence-electron chi connectivity index (χ3n) is 3.01. The fraction of sp³-hybridized carbons (Fsp3) is 0.0667. The normalized spacial score (nSPS) is 11.5. The summed E-state index contributed by atoms with van der Waals surface area (Å²) < 4.78 is 35.3. The van der Waals surface area contributed by atoms with Crippen molar-refractivity contribution in [3.8, 4) is 17.1 Å². The lowest BCUT2D eigenvalue weighted by atomic mass is 10.2. The zero-order valence-corrected chi connectivity index (χ0v) is 15.4. The minimum atomic E-state index is -4.04. The maximum atomic E-state index is 12.3. The Balaban J connectivity index is 1.85. The fourth-order valence-corrected chi connectivity index (χ4v) is 3.87. The Hall–Kier alpha value is -1.90. The highest BCUT2D eigenvalue weighted by atomic mass is 79.9. The molecule has 0 spiro atoms. The number of nitrogens with zero attached hydrogens (tertiary/aromatic N) is 2. The number of halogens is 2. The lowest BCUT2D eigenvalue weighted by molar-refractivity contribution is 0.394. The van der Waals surface area contributed by atoms with Gasteiger partial charge < -0.3 is 8.71 Å². The molecular formula is C15H10BrClN2O4S. The monoisotopic (exact) mass is 428 g/mol. The van der Waals surface area contributed by atoms with Crippen LogP contribution < -0.4 is 4.18 Å². The van der Waals surface area contributed by atoms with E-state index in [1.54, 1.807) is 25.1 Å². The molecular weight excluding hydrogens is 420 g/mol. The standard InChI is InChI=1S/C15H10BrClN2O4S/c1-9-18-15(19-22-9)10-2-5-12(6-3-10)23-24(20,21)14-7-4-11(16)8-13(14)17/h2-8H,1H3.